The lowest BCUT2D eigenvalue weighted by Gasteiger charge is -2.31. The second-order valence-corrected chi connectivity index (χ2v) is 8.39. The minimum atomic E-state index is -0.00387. The molecule has 6 heteroatoms. The van der Waals surface area contributed by atoms with Crippen LogP contribution in [0.1, 0.15) is 29.6 Å². The van der Waals surface area contributed by atoms with Crippen molar-refractivity contribution in [1.82, 2.24) is 10.2 Å². The van der Waals surface area contributed by atoms with Gasteiger partial charge < -0.3 is 15.1 Å². The van der Waals surface area contributed by atoms with Crippen LogP contribution < -0.4 is 10.2 Å². The molecular formula is C23H28BrN3O2. The molecule has 1 aliphatic rings. The molecule has 0 radical (unpaired) electrons. The SMILES string of the molecule is CN(CCCNC(=O)C1CCN(C(=O)c2ccc(Br)cc2)CC1)c1ccccc1. The third-order valence-corrected chi connectivity index (χ3v) is 5.94. The summed E-state index contributed by atoms with van der Waals surface area (Å²) in [6.45, 7) is 2.83. The van der Waals surface area contributed by atoms with Crippen LogP contribution in [-0.2, 0) is 4.79 Å². The van der Waals surface area contributed by atoms with Crippen LogP contribution in [0.2, 0.25) is 0 Å². The monoisotopic (exact) mass is 457 g/mol. The number of carbonyl (C=O) groups excluding carboxylic acids is 2. The summed E-state index contributed by atoms with van der Waals surface area (Å²) in [6, 6.07) is 17.7. The zero-order chi connectivity index (χ0) is 20.6. The van der Waals surface area contributed by atoms with Crippen LogP contribution in [0.5, 0.6) is 0 Å². The number of hydrogen-bond acceptors (Lipinski definition) is 3. The van der Waals surface area contributed by atoms with E-state index < -0.39 is 0 Å². The first-order valence-corrected chi connectivity index (χ1v) is 10.9. The van der Waals surface area contributed by atoms with Crippen LogP contribution in [-0.4, -0.2) is 49.9 Å². The quantitative estimate of drug-likeness (QED) is 0.640. The summed E-state index contributed by atoms with van der Waals surface area (Å²) in [6.07, 6.45) is 2.34. The third-order valence-electron chi connectivity index (χ3n) is 5.41. The van der Waals surface area contributed by atoms with Crippen LogP contribution in [0, 0.1) is 5.92 Å². The summed E-state index contributed by atoms with van der Waals surface area (Å²) in [5, 5.41) is 3.07. The van der Waals surface area contributed by atoms with Crippen LogP contribution in [0.4, 0.5) is 5.69 Å². The highest BCUT2D eigenvalue weighted by Crippen LogP contribution is 2.20. The van der Waals surface area contributed by atoms with Crippen molar-refractivity contribution < 1.29 is 9.59 Å². The zero-order valence-corrected chi connectivity index (χ0v) is 18.4. The molecule has 1 heterocycles. The van der Waals surface area contributed by atoms with Gasteiger partial charge in [-0.05, 0) is 55.7 Å². The molecular weight excluding hydrogens is 430 g/mol. The first-order chi connectivity index (χ1) is 14.0. The summed E-state index contributed by atoms with van der Waals surface area (Å²) in [5.74, 6) is 0.152. The summed E-state index contributed by atoms with van der Waals surface area (Å²) >= 11 is 3.39. The van der Waals surface area contributed by atoms with Gasteiger partial charge in [0.05, 0.1) is 0 Å². The zero-order valence-electron chi connectivity index (χ0n) is 16.8. The molecule has 0 unspecified atom stereocenters. The Bertz CT molecular complexity index is 803. The normalized spacial score (nSPS) is 14.5. The molecule has 154 valence electrons. The summed E-state index contributed by atoms with van der Waals surface area (Å²) in [5.41, 5.74) is 1.88. The average molecular weight is 458 g/mol. The van der Waals surface area contributed by atoms with Gasteiger partial charge in [0.2, 0.25) is 5.91 Å². The Kier molecular flexibility index (Phi) is 7.69. The lowest BCUT2D eigenvalue weighted by molar-refractivity contribution is -0.126. The third kappa shape index (κ3) is 6.07. The Morgan fingerprint density at radius 3 is 2.38 bits per heavy atom. The van der Waals surface area contributed by atoms with Crippen LogP contribution in [0.15, 0.2) is 59.1 Å². The molecule has 2 amide bonds. The van der Waals surface area contributed by atoms with E-state index in [9.17, 15) is 9.59 Å². The highest BCUT2D eigenvalue weighted by molar-refractivity contribution is 9.10. The summed E-state index contributed by atoms with van der Waals surface area (Å²) < 4.78 is 0.958. The van der Waals surface area contributed by atoms with Crippen molar-refractivity contribution >= 4 is 33.4 Å². The molecule has 0 atom stereocenters. The van der Waals surface area contributed by atoms with Crippen molar-refractivity contribution in [3.8, 4) is 0 Å². The number of amides is 2. The van der Waals surface area contributed by atoms with Crippen LogP contribution in [0.3, 0.4) is 0 Å². The Morgan fingerprint density at radius 2 is 1.72 bits per heavy atom. The second-order valence-electron chi connectivity index (χ2n) is 7.48. The van der Waals surface area contributed by atoms with E-state index in [-0.39, 0.29) is 17.7 Å². The minimum Gasteiger partial charge on any atom is -0.375 e. The highest BCUT2D eigenvalue weighted by atomic mass is 79.9. The fourth-order valence-electron chi connectivity index (χ4n) is 3.60. The number of nitrogens with zero attached hydrogens (tertiary/aromatic N) is 2. The number of carbonyl (C=O) groups is 2. The topological polar surface area (TPSA) is 52.7 Å². The largest absolute Gasteiger partial charge is 0.375 e. The summed E-state index contributed by atoms with van der Waals surface area (Å²) in [4.78, 5) is 29.1. The molecule has 1 aliphatic heterocycles. The van der Waals surface area contributed by atoms with Crippen molar-refractivity contribution in [2.75, 3.05) is 38.1 Å². The van der Waals surface area contributed by atoms with Gasteiger partial charge in [-0.25, -0.2) is 0 Å². The molecule has 2 aromatic rings. The number of rotatable bonds is 7. The van der Waals surface area contributed by atoms with Crippen molar-refractivity contribution in [2.24, 2.45) is 5.92 Å². The van der Waals surface area contributed by atoms with Gasteiger partial charge in [0, 0.05) is 54.9 Å². The lowest BCUT2D eigenvalue weighted by atomic mass is 9.95. The van der Waals surface area contributed by atoms with E-state index in [0.717, 1.165) is 30.3 Å². The van der Waals surface area contributed by atoms with E-state index in [0.29, 0.717) is 25.2 Å². The number of piperidine rings is 1. The first-order valence-electron chi connectivity index (χ1n) is 10.1. The number of hydrogen-bond donors (Lipinski definition) is 1. The number of anilines is 1. The first kappa shape index (κ1) is 21.4. The van der Waals surface area contributed by atoms with E-state index in [1.165, 1.54) is 5.69 Å². The molecule has 29 heavy (non-hydrogen) atoms. The molecule has 0 aromatic heterocycles. The van der Waals surface area contributed by atoms with Gasteiger partial charge in [-0.2, -0.15) is 0 Å². The smallest absolute Gasteiger partial charge is 0.253 e. The Labute approximate surface area is 181 Å². The van der Waals surface area contributed by atoms with Crippen molar-refractivity contribution in [2.45, 2.75) is 19.3 Å². The maximum Gasteiger partial charge on any atom is 0.253 e. The standard InChI is InChI=1S/C23H28BrN3O2/c1-26(21-6-3-2-4-7-21)15-5-14-25-22(28)18-12-16-27(17-13-18)23(29)19-8-10-20(24)11-9-19/h2-4,6-11,18H,5,12-17H2,1H3,(H,25,28). The van der Waals surface area contributed by atoms with Gasteiger partial charge in [0.15, 0.2) is 0 Å². The van der Waals surface area contributed by atoms with Gasteiger partial charge in [-0.15, -0.1) is 0 Å². The van der Waals surface area contributed by atoms with Crippen molar-refractivity contribution in [3.05, 3.63) is 64.6 Å². The Hall–Kier alpha value is -2.34. The highest BCUT2D eigenvalue weighted by Gasteiger charge is 2.27. The molecule has 3 rings (SSSR count). The molecule has 5 nitrogen and oxygen atoms in total. The number of halogens is 1. The molecule has 2 aromatic carbocycles. The van der Waals surface area contributed by atoms with Crippen LogP contribution >= 0.6 is 15.9 Å². The molecule has 0 spiro atoms. The van der Waals surface area contributed by atoms with Gasteiger partial charge in [0.1, 0.15) is 0 Å². The second kappa shape index (κ2) is 10.4. The predicted octanol–water partition coefficient (Wildman–Crippen LogP) is 3.94. The molecule has 0 bridgehead atoms. The predicted molar refractivity (Wildman–Crippen MR) is 120 cm³/mol. The van der Waals surface area contributed by atoms with E-state index in [4.69, 9.17) is 0 Å². The fraction of sp³-hybridized carbons (Fsp3) is 0.391. The van der Waals surface area contributed by atoms with E-state index in [1.54, 1.807) is 0 Å². The number of para-hydroxylation sites is 1. The number of likely N-dealkylation sites (tertiary alicyclic amines) is 1. The molecule has 1 fully saturated rings. The van der Waals surface area contributed by atoms with Gasteiger partial charge >= 0.3 is 0 Å². The molecule has 0 aliphatic carbocycles. The number of benzene rings is 2. The van der Waals surface area contributed by atoms with Crippen LogP contribution in [0.25, 0.3) is 0 Å². The van der Waals surface area contributed by atoms with Crippen molar-refractivity contribution in [3.63, 3.8) is 0 Å². The van der Waals surface area contributed by atoms with Gasteiger partial charge in [-0.1, -0.05) is 34.1 Å². The minimum absolute atomic E-state index is 0.00387. The van der Waals surface area contributed by atoms with E-state index in [1.807, 2.05) is 47.4 Å². The Morgan fingerprint density at radius 1 is 1.07 bits per heavy atom. The number of nitrogens with one attached hydrogen (secondary N) is 1. The lowest BCUT2D eigenvalue weighted by Crippen LogP contribution is -2.43. The van der Waals surface area contributed by atoms with E-state index >= 15 is 0 Å². The summed E-state index contributed by atoms with van der Waals surface area (Å²) in [7, 11) is 2.06. The molecule has 1 saturated heterocycles. The Balaban J connectivity index is 1.36. The molecule has 1 N–H and O–H groups in total. The van der Waals surface area contributed by atoms with Crippen molar-refractivity contribution in [1.29, 1.82) is 0 Å². The van der Waals surface area contributed by atoms with Gasteiger partial charge in [0.25, 0.3) is 5.91 Å². The maximum atomic E-state index is 12.6. The van der Waals surface area contributed by atoms with E-state index in [2.05, 4.69) is 45.3 Å². The van der Waals surface area contributed by atoms with Gasteiger partial charge in [-0.3, -0.25) is 9.59 Å². The maximum absolute atomic E-state index is 12.6. The average Bonchev–Trinajstić information content (AvgIpc) is 2.77. The fourth-order valence-corrected chi connectivity index (χ4v) is 3.87. The molecule has 0 saturated carbocycles.